The molecule has 0 atom stereocenters. The molecule has 7 nitrogen and oxygen atoms in total. The molecule has 7 heteroatoms. The Hall–Kier alpha value is -1.73. The van der Waals surface area contributed by atoms with Crippen LogP contribution in [0.2, 0.25) is 0 Å². The lowest BCUT2D eigenvalue weighted by molar-refractivity contribution is -0.145. The van der Waals surface area contributed by atoms with Crippen LogP contribution in [0.1, 0.15) is 51.0 Å². The van der Waals surface area contributed by atoms with E-state index in [1.165, 1.54) is 0 Å². The SMILES string of the molecule is COC1(CC(=O)N2CCn3c(nc(CN(C)C(C)C)cc3=O)C2)CCC1. The number of hydrogen-bond donors (Lipinski definition) is 0. The summed E-state index contributed by atoms with van der Waals surface area (Å²) in [4.78, 5) is 33.8. The lowest BCUT2D eigenvalue weighted by Crippen LogP contribution is -2.48. The summed E-state index contributed by atoms with van der Waals surface area (Å²) in [5.74, 6) is 0.779. The molecule has 0 spiro atoms. The van der Waals surface area contributed by atoms with Crippen LogP contribution in [0.3, 0.4) is 0 Å². The van der Waals surface area contributed by atoms with Crippen LogP contribution in [-0.2, 0) is 29.2 Å². The number of ether oxygens (including phenoxy) is 1. The molecular weight excluding hydrogens is 332 g/mol. The predicted molar refractivity (Wildman–Crippen MR) is 98.7 cm³/mol. The van der Waals surface area contributed by atoms with Gasteiger partial charge in [0.05, 0.1) is 24.3 Å². The quantitative estimate of drug-likeness (QED) is 0.765. The third-order valence-electron chi connectivity index (χ3n) is 5.88. The van der Waals surface area contributed by atoms with Crippen molar-refractivity contribution in [1.29, 1.82) is 0 Å². The van der Waals surface area contributed by atoms with E-state index in [-0.39, 0.29) is 17.1 Å². The zero-order valence-corrected chi connectivity index (χ0v) is 16.3. The number of rotatable bonds is 6. The Kier molecular flexibility index (Phi) is 5.48. The average molecular weight is 362 g/mol. The zero-order chi connectivity index (χ0) is 18.9. The van der Waals surface area contributed by atoms with Crippen LogP contribution in [0, 0.1) is 0 Å². The summed E-state index contributed by atoms with van der Waals surface area (Å²) in [6.07, 6.45) is 3.43. The number of methoxy groups -OCH3 is 1. The molecule has 1 aliphatic heterocycles. The number of aromatic nitrogens is 2. The summed E-state index contributed by atoms with van der Waals surface area (Å²) in [6, 6.07) is 2.00. The molecule has 0 bridgehead atoms. The Morgan fingerprint density at radius 2 is 2.12 bits per heavy atom. The van der Waals surface area contributed by atoms with Gasteiger partial charge in [-0.15, -0.1) is 0 Å². The minimum atomic E-state index is -0.274. The molecule has 1 aromatic heterocycles. The average Bonchev–Trinajstić information content (AvgIpc) is 2.57. The first kappa shape index (κ1) is 19.0. The van der Waals surface area contributed by atoms with E-state index in [9.17, 15) is 9.59 Å². The molecule has 0 N–H and O–H groups in total. The molecule has 26 heavy (non-hydrogen) atoms. The first-order valence-electron chi connectivity index (χ1n) is 9.46. The van der Waals surface area contributed by atoms with Crippen molar-refractivity contribution in [2.45, 2.75) is 70.8 Å². The van der Waals surface area contributed by atoms with Gasteiger partial charge in [-0.3, -0.25) is 19.1 Å². The summed E-state index contributed by atoms with van der Waals surface area (Å²) in [7, 11) is 3.71. The number of carbonyl (C=O) groups excluding carboxylic acids is 1. The fraction of sp³-hybridized carbons (Fsp3) is 0.737. The predicted octanol–water partition coefficient (Wildman–Crippen LogP) is 1.38. The van der Waals surface area contributed by atoms with Crippen LogP contribution in [-0.4, -0.2) is 57.6 Å². The van der Waals surface area contributed by atoms with Gasteiger partial charge in [-0.05, 0) is 40.2 Å². The molecule has 1 fully saturated rings. The fourth-order valence-corrected chi connectivity index (χ4v) is 3.58. The minimum Gasteiger partial charge on any atom is -0.378 e. The van der Waals surface area contributed by atoms with Crippen LogP contribution in [0.25, 0.3) is 0 Å². The Morgan fingerprint density at radius 3 is 2.69 bits per heavy atom. The third kappa shape index (κ3) is 3.83. The maximum Gasteiger partial charge on any atom is 0.253 e. The van der Waals surface area contributed by atoms with Gasteiger partial charge >= 0.3 is 0 Å². The van der Waals surface area contributed by atoms with E-state index in [0.29, 0.717) is 44.5 Å². The Morgan fingerprint density at radius 1 is 1.38 bits per heavy atom. The summed E-state index contributed by atoms with van der Waals surface area (Å²) in [5, 5.41) is 0. The number of nitrogens with zero attached hydrogens (tertiary/aromatic N) is 4. The second-order valence-corrected chi connectivity index (χ2v) is 7.90. The molecule has 3 rings (SSSR count). The molecule has 1 saturated carbocycles. The molecule has 2 aliphatic rings. The first-order chi connectivity index (χ1) is 12.3. The smallest absolute Gasteiger partial charge is 0.253 e. The first-order valence-corrected chi connectivity index (χ1v) is 9.46. The summed E-state index contributed by atoms with van der Waals surface area (Å²) < 4.78 is 7.28. The van der Waals surface area contributed by atoms with Crippen molar-refractivity contribution in [2.24, 2.45) is 0 Å². The van der Waals surface area contributed by atoms with Crippen LogP contribution >= 0.6 is 0 Å². The van der Waals surface area contributed by atoms with E-state index < -0.39 is 0 Å². The lowest BCUT2D eigenvalue weighted by Gasteiger charge is -2.41. The standard InChI is InChI=1S/C19H30N4O3/c1-14(2)21(3)12-15-10-17(24)23-9-8-22(13-16(23)20-15)18(25)11-19(26-4)6-5-7-19/h10,14H,5-9,11-13H2,1-4H3. The largest absolute Gasteiger partial charge is 0.378 e. The Labute approximate surface area is 154 Å². The van der Waals surface area contributed by atoms with Crippen molar-refractivity contribution in [1.82, 2.24) is 19.4 Å². The van der Waals surface area contributed by atoms with Gasteiger partial charge in [0.15, 0.2) is 0 Å². The lowest BCUT2D eigenvalue weighted by atomic mass is 9.77. The van der Waals surface area contributed by atoms with Crippen molar-refractivity contribution in [3.05, 3.63) is 27.9 Å². The van der Waals surface area contributed by atoms with E-state index in [2.05, 4.69) is 23.7 Å². The van der Waals surface area contributed by atoms with Gasteiger partial charge in [-0.25, -0.2) is 4.98 Å². The highest BCUT2D eigenvalue weighted by Crippen LogP contribution is 2.38. The fourth-order valence-electron chi connectivity index (χ4n) is 3.58. The van der Waals surface area contributed by atoms with Gasteiger partial charge in [0.1, 0.15) is 5.82 Å². The van der Waals surface area contributed by atoms with Crippen LogP contribution in [0.15, 0.2) is 10.9 Å². The summed E-state index contributed by atoms with van der Waals surface area (Å²) in [6.45, 7) is 6.30. The number of hydrogen-bond acceptors (Lipinski definition) is 5. The molecule has 0 saturated heterocycles. The van der Waals surface area contributed by atoms with Gasteiger partial charge in [-0.2, -0.15) is 0 Å². The van der Waals surface area contributed by atoms with E-state index in [1.807, 2.05) is 11.9 Å². The number of fused-ring (bicyclic) bond motifs is 1. The molecule has 0 radical (unpaired) electrons. The molecule has 1 aliphatic carbocycles. The van der Waals surface area contributed by atoms with E-state index in [1.54, 1.807) is 17.7 Å². The Balaban J connectivity index is 1.73. The highest BCUT2D eigenvalue weighted by atomic mass is 16.5. The molecule has 1 aromatic rings. The topological polar surface area (TPSA) is 67.7 Å². The van der Waals surface area contributed by atoms with E-state index >= 15 is 0 Å². The normalized spacial score (nSPS) is 18.8. The van der Waals surface area contributed by atoms with Crippen molar-refractivity contribution in [2.75, 3.05) is 20.7 Å². The van der Waals surface area contributed by atoms with Crippen LogP contribution < -0.4 is 5.56 Å². The molecular formula is C19H30N4O3. The zero-order valence-electron chi connectivity index (χ0n) is 16.3. The number of amides is 1. The monoisotopic (exact) mass is 362 g/mol. The van der Waals surface area contributed by atoms with Gasteiger partial charge in [0.25, 0.3) is 5.56 Å². The third-order valence-corrected chi connectivity index (χ3v) is 5.88. The molecule has 1 amide bonds. The van der Waals surface area contributed by atoms with Crippen molar-refractivity contribution < 1.29 is 9.53 Å². The van der Waals surface area contributed by atoms with Crippen LogP contribution in [0.4, 0.5) is 0 Å². The van der Waals surface area contributed by atoms with Gasteiger partial charge in [0, 0.05) is 38.9 Å². The maximum atomic E-state index is 12.7. The van der Waals surface area contributed by atoms with Gasteiger partial charge in [-0.1, -0.05) is 0 Å². The molecule has 0 aromatic carbocycles. The number of carbonyl (C=O) groups is 1. The maximum absolute atomic E-state index is 12.7. The Bertz CT molecular complexity index is 718. The minimum absolute atomic E-state index is 0.0263. The highest BCUT2D eigenvalue weighted by molar-refractivity contribution is 5.77. The van der Waals surface area contributed by atoms with Crippen molar-refractivity contribution >= 4 is 5.91 Å². The van der Waals surface area contributed by atoms with Crippen LogP contribution in [0.5, 0.6) is 0 Å². The second-order valence-electron chi connectivity index (χ2n) is 7.90. The van der Waals surface area contributed by atoms with Crippen molar-refractivity contribution in [3.8, 4) is 0 Å². The van der Waals surface area contributed by atoms with Gasteiger partial charge < -0.3 is 9.64 Å². The van der Waals surface area contributed by atoms with Gasteiger partial charge in [0.2, 0.25) is 5.91 Å². The second kappa shape index (κ2) is 7.48. The van der Waals surface area contributed by atoms with E-state index in [4.69, 9.17) is 4.74 Å². The summed E-state index contributed by atoms with van der Waals surface area (Å²) >= 11 is 0. The summed E-state index contributed by atoms with van der Waals surface area (Å²) in [5.41, 5.74) is 0.462. The molecule has 0 unspecified atom stereocenters. The molecule has 2 heterocycles. The van der Waals surface area contributed by atoms with E-state index in [0.717, 1.165) is 25.0 Å². The molecule has 144 valence electrons. The van der Waals surface area contributed by atoms with Crippen molar-refractivity contribution in [3.63, 3.8) is 0 Å². The highest BCUT2D eigenvalue weighted by Gasteiger charge is 2.40.